The predicted molar refractivity (Wildman–Crippen MR) is 60.3 cm³/mol. The highest BCUT2D eigenvalue weighted by atomic mass is 19.1. The molecule has 0 radical (unpaired) electrons. The van der Waals surface area contributed by atoms with E-state index in [1.165, 1.54) is 0 Å². The minimum atomic E-state index is -0.152. The van der Waals surface area contributed by atoms with Crippen LogP contribution in [-0.4, -0.2) is 6.54 Å². The Kier molecular flexibility index (Phi) is 2.16. The van der Waals surface area contributed by atoms with Gasteiger partial charge in [-0.15, -0.1) is 0 Å². The number of hydrogen-bond donors (Lipinski definition) is 1. The van der Waals surface area contributed by atoms with Gasteiger partial charge in [0, 0.05) is 12.0 Å². The van der Waals surface area contributed by atoms with Crippen molar-refractivity contribution < 1.29 is 4.39 Å². The molecule has 2 heteroatoms. The summed E-state index contributed by atoms with van der Waals surface area (Å²) in [6, 6.07) is 5.25. The van der Waals surface area contributed by atoms with Gasteiger partial charge in [0.25, 0.3) is 0 Å². The van der Waals surface area contributed by atoms with E-state index in [2.05, 4.69) is 19.9 Å². The molecule has 1 aromatic carbocycles. The zero-order valence-corrected chi connectivity index (χ0v) is 9.60. The van der Waals surface area contributed by atoms with E-state index in [1.54, 1.807) is 12.1 Å². The Morgan fingerprint density at radius 1 is 1.33 bits per heavy atom. The van der Waals surface area contributed by atoms with E-state index < -0.39 is 0 Å². The lowest BCUT2D eigenvalue weighted by Crippen LogP contribution is -2.25. The highest BCUT2D eigenvalue weighted by Crippen LogP contribution is 2.63. The third-order valence-corrected chi connectivity index (χ3v) is 3.86. The van der Waals surface area contributed by atoms with Crippen molar-refractivity contribution in [3.8, 4) is 0 Å². The molecule has 0 amide bonds. The fraction of sp³-hybridized carbons (Fsp3) is 0.538. The number of halogens is 1. The Hall–Kier alpha value is -0.890. The Balaban J connectivity index is 2.46. The zero-order valence-electron chi connectivity index (χ0n) is 9.60. The fourth-order valence-corrected chi connectivity index (χ4v) is 2.68. The molecule has 1 unspecified atom stereocenters. The molecule has 0 heterocycles. The second kappa shape index (κ2) is 3.05. The average molecular weight is 207 g/mol. The van der Waals surface area contributed by atoms with Gasteiger partial charge >= 0.3 is 0 Å². The molecule has 0 aromatic heterocycles. The summed E-state index contributed by atoms with van der Waals surface area (Å²) in [5.74, 6) is -0.152. The molecule has 82 valence electrons. The van der Waals surface area contributed by atoms with E-state index in [-0.39, 0.29) is 16.6 Å². The van der Waals surface area contributed by atoms with Crippen molar-refractivity contribution in [2.45, 2.75) is 32.6 Å². The smallest absolute Gasteiger partial charge is 0.123 e. The molecule has 0 spiro atoms. The normalized spacial score (nSPS) is 27.8. The third kappa shape index (κ3) is 1.48. The Bertz CT molecular complexity index is 377. The molecule has 1 fully saturated rings. The van der Waals surface area contributed by atoms with Crippen molar-refractivity contribution in [3.63, 3.8) is 0 Å². The number of hydrogen-bond acceptors (Lipinski definition) is 1. The molecule has 2 N–H and O–H groups in total. The maximum Gasteiger partial charge on any atom is 0.123 e. The van der Waals surface area contributed by atoms with Gasteiger partial charge in [0.2, 0.25) is 0 Å². The maximum absolute atomic E-state index is 13.3. The summed E-state index contributed by atoms with van der Waals surface area (Å²) in [4.78, 5) is 0. The van der Waals surface area contributed by atoms with E-state index >= 15 is 0 Å². The van der Waals surface area contributed by atoms with Gasteiger partial charge in [-0.25, -0.2) is 4.39 Å². The largest absolute Gasteiger partial charge is 0.330 e. The molecule has 0 saturated heterocycles. The number of nitrogens with two attached hydrogens (primary N) is 1. The van der Waals surface area contributed by atoms with Crippen LogP contribution in [0.2, 0.25) is 0 Å². The van der Waals surface area contributed by atoms with Crippen molar-refractivity contribution in [1.29, 1.82) is 0 Å². The first-order valence-electron chi connectivity index (χ1n) is 5.39. The van der Waals surface area contributed by atoms with E-state index in [0.29, 0.717) is 6.54 Å². The Morgan fingerprint density at radius 3 is 2.33 bits per heavy atom. The minimum absolute atomic E-state index is 0.000139. The molecule has 1 aromatic rings. The molecule has 1 saturated carbocycles. The lowest BCUT2D eigenvalue weighted by molar-refractivity contribution is 0.499. The van der Waals surface area contributed by atoms with E-state index in [0.717, 1.165) is 17.5 Å². The van der Waals surface area contributed by atoms with Crippen LogP contribution in [0.4, 0.5) is 4.39 Å². The quantitative estimate of drug-likeness (QED) is 0.793. The summed E-state index contributed by atoms with van der Waals surface area (Å²) in [5.41, 5.74) is 8.10. The van der Waals surface area contributed by atoms with Crippen LogP contribution in [0.5, 0.6) is 0 Å². The molecule has 15 heavy (non-hydrogen) atoms. The SMILES string of the molecule is Cc1cc(F)cc(C2(CN)CC2(C)C)c1. The summed E-state index contributed by atoms with van der Waals surface area (Å²) >= 11 is 0. The van der Waals surface area contributed by atoms with Gasteiger partial charge in [0.1, 0.15) is 5.82 Å². The van der Waals surface area contributed by atoms with E-state index in [4.69, 9.17) is 5.73 Å². The molecular formula is C13H18FN. The first-order valence-corrected chi connectivity index (χ1v) is 5.39. The summed E-state index contributed by atoms with van der Waals surface area (Å²) in [7, 11) is 0. The van der Waals surface area contributed by atoms with Gasteiger partial charge in [-0.1, -0.05) is 19.9 Å². The molecule has 2 rings (SSSR count). The van der Waals surface area contributed by atoms with E-state index in [1.807, 2.05) is 6.92 Å². The Labute approximate surface area is 90.5 Å². The van der Waals surface area contributed by atoms with Crippen LogP contribution in [0, 0.1) is 18.2 Å². The predicted octanol–water partition coefficient (Wildman–Crippen LogP) is 2.76. The van der Waals surface area contributed by atoms with Crippen molar-refractivity contribution in [1.82, 2.24) is 0 Å². The van der Waals surface area contributed by atoms with Crippen LogP contribution >= 0.6 is 0 Å². The van der Waals surface area contributed by atoms with Gasteiger partial charge in [0.05, 0.1) is 0 Å². The monoisotopic (exact) mass is 207 g/mol. The lowest BCUT2D eigenvalue weighted by atomic mass is 9.87. The zero-order chi connectivity index (χ0) is 11.3. The van der Waals surface area contributed by atoms with Crippen LogP contribution in [0.3, 0.4) is 0 Å². The third-order valence-electron chi connectivity index (χ3n) is 3.86. The lowest BCUT2D eigenvalue weighted by Gasteiger charge is -2.19. The second-order valence-corrected chi connectivity index (χ2v) is 5.36. The summed E-state index contributed by atoms with van der Waals surface area (Å²) in [6.45, 7) is 6.91. The van der Waals surface area contributed by atoms with Gasteiger partial charge in [-0.2, -0.15) is 0 Å². The van der Waals surface area contributed by atoms with Crippen LogP contribution < -0.4 is 5.73 Å². The molecular weight excluding hydrogens is 189 g/mol. The molecule has 0 bridgehead atoms. The van der Waals surface area contributed by atoms with Gasteiger partial charge in [0.15, 0.2) is 0 Å². The van der Waals surface area contributed by atoms with Crippen molar-refractivity contribution in [2.24, 2.45) is 11.1 Å². The number of aryl methyl sites for hydroxylation is 1. The first kappa shape index (κ1) is 10.6. The fourth-order valence-electron chi connectivity index (χ4n) is 2.68. The van der Waals surface area contributed by atoms with Gasteiger partial charge in [-0.3, -0.25) is 0 Å². The second-order valence-electron chi connectivity index (χ2n) is 5.36. The van der Waals surface area contributed by atoms with Gasteiger partial charge in [-0.05, 0) is 42.0 Å². The summed E-state index contributed by atoms with van der Waals surface area (Å²) in [5, 5.41) is 0. The molecule has 0 aliphatic heterocycles. The van der Waals surface area contributed by atoms with Crippen molar-refractivity contribution in [3.05, 3.63) is 35.1 Å². The average Bonchev–Trinajstić information content (AvgIpc) is 2.68. The Morgan fingerprint density at radius 2 is 1.93 bits per heavy atom. The van der Waals surface area contributed by atoms with Crippen molar-refractivity contribution >= 4 is 0 Å². The van der Waals surface area contributed by atoms with E-state index in [9.17, 15) is 4.39 Å². The van der Waals surface area contributed by atoms with Crippen LogP contribution in [-0.2, 0) is 5.41 Å². The number of rotatable bonds is 2. The van der Waals surface area contributed by atoms with Crippen LogP contribution in [0.1, 0.15) is 31.4 Å². The van der Waals surface area contributed by atoms with Gasteiger partial charge < -0.3 is 5.73 Å². The van der Waals surface area contributed by atoms with Crippen LogP contribution in [0.25, 0.3) is 0 Å². The first-order chi connectivity index (χ1) is 6.91. The van der Waals surface area contributed by atoms with Crippen LogP contribution in [0.15, 0.2) is 18.2 Å². The van der Waals surface area contributed by atoms with Crippen molar-refractivity contribution in [2.75, 3.05) is 6.54 Å². The highest BCUT2D eigenvalue weighted by Gasteiger charge is 2.60. The summed E-state index contributed by atoms with van der Waals surface area (Å²) < 4.78 is 13.3. The molecule has 1 atom stereocenters. The molecule has 1 aliphatic carbocycles. The minimum Gasteiger partial charge on any atom is -0.330 e. The molecule has 1 aliphatic rings. The number of benzene rings is 1. The molecule has 1 nitrogen and oxygen atoms in total. The standard InChI is InChI=1S/C13H18FN/c1-9-4-10(6-11(14)5-9)13(8-15)7-12(13,2)3/h4-6H,7-8,15H2,1-3H3. The topological polar surface area (TPSA) is 26.0 Å². The summed E-state index contributed by atoms with van der Waals surface area (Å²) in [6.07, 6.45) is 1.05. The maximum atomic E-state index is 13.3. The highest BCUT2D eigenvalue weighted by molar-refractivity contribution is 5.39.